The van der Waals surface area contributed by atoms with Gasteiger partial charge in [-0.2, -0.15) is 0 Å². The lowest BCUT2D eigenvalue weighted by atomic mass is 10.0. The molecule has 0 unspecified atom stereocenters. The highest BCUT2D eigenvalue weighted by atomic mass is 15.1. The Morgan fingerprint density at radius 3 is 1.78 bits per heavy atom. The Labute approximate surface area is 285 Å². The third-order valence-corrected chi connectivity index (χ3v) is 10.8. The minimum Gasteiger partial charge on any atom is -0.307 e. The fourth-order valence-electron chi connectivity index (χ4n) is 8.66. The standard InChI is InChI=1S/C46H26N4/c1-2-11-29-26-30(21-20-27(29)10-1)42-46(48-38-17-6-5-16-37(38)47-42)50-40-19-8-4-13-32(40)35-24-22-28-23-25-36-34-15-9-14-33-31-12-3-7-18-39(31)49(43(33)34)44(36)41(28)45(35)50/h1-26H. The summed E-state index contributed by atoms with van der Waals surface area (Å²) in [7, 11) is 0. The molecule has 4 aromatic heterocycles. The lowest BCUT2D eigenvalue weighted by Crippen LogP contribution is -2.04. The summed E-state index contributed by atoms with van der Waals surface area (Å²) >= 11 is 0. The zero-order valence-electron chi connectivity index (χ0n) is 26.8. The van der Waals surface area contributed by atoms with Crippen molar-refractivity contribution in [2.24, 2.45) is 0 Å². The van der Waals surface area contributed by atoms with Gasteiger partial charge in [0.2, 0.25) is 0 Å². The zero-order valence-corrected chi connectivity index (χ0v) is 26.8. The molecule has 230 valence electrons. The monoisotopic (exact) mass is 634 g/mol. The van der Waals surface area contributed by atoms with Crippen LogP contribution in [0.4, 0.5) is 0 Å². The number of nitrogens with zero attached hydrogens (tertiary/aromatic N) is 4. The molecule has 0 saturated carbocycles. The average Bonchev–Trinajstić information content (AvgIpc) is 3.82. The van der Waals surface area contributed by atoms with Crippen LogP contribution in [0.1, 0.15) is 0 Å². The summed E-state index contributed by atoms with van der Waals surface area (Å²) in [5.74, 6) is 0.827. The molecular formula is C46H26N4. The van der Waals surface area contributed by atoms with Crippen LogP contribution in [-0.2, 0) is 0 Å². The predicted octanol–water partition coefficient (Wildman–Crippen LogP) is 11.9. The van der Waals surface area contributed by atoms with Crippen LogP contribution in [0.2, 0.25) is 0 Å². The summed E-state index contributed by atoms with van der Waals surface area (Å²) < 4.78 is 4.90. The summed E-state index contributed by atoms with van der Waals surface area (Å²) in [4.78, 5) is 10.9. The van der Waals surface area contributed by atoms with E-state index in [1.54, 1.807) is 0 Å². The van der Waals surface area contributed by atoms with Gasteiger partial charge in [-0.15, -0.1) is 0 Å². The maximum atomic E-state index is 5.49. The zero-order chi connectivity index (χ0) is 32.5. The van der Waals surface area contributed by atoms with Gasteiger partial charge >= 0.3 is 0 Å². The quantitative estimate of drug-likeness (QED) is 0.190. The van der Waals surface area contributed by atoms with Crippen molar-refractivity contribution in [1.82, 2.24) is 18.9 Å². The number of aromatic nitrogens is 4. The molecule has 4 heteroatoms. The van der Waals surface area contributed by atoms with Gasteiger partial charge in [0.05, 0.1) is 38.6 Å². The topological polar surface area (TPSA) is 35.1 Å². The summed E-state index contributed by atoms with van der Waals surface area (Å²) in [5.41, 5.74) is 9.63. The maximum absolute atomic E-state index is 5.49. The van der Waals surface area contributed by atoms with E-state index >= 15 is 0 Å². The minimum absolute atomic E-state index is 0.827. The number of fused-ring (bicyclic) bond motifs is 14. The first kappa shape index (κ1) is 26.2. The molecule has 0 bridgehead atoms. The van der Waals surface area contributed by atoms with Crippen molar-refractivity contribution < 1.29 is 0 Å². The van der Waals surface area contributed by atoms with Crippen LogP contribution in [0.5, 0.6) is 0 Å². The van der Waals surface area contributed by atoms with Crippen molar-refractivity contribution in [3.8, 4) is 17.1 Å². The molecule has 0 radical (unpaired) electrons. The van der Waals surface area contributed by atoms with E-state index < -0.39 is 0 Å². The van der Waals surface area contributed by atoms with Gasteiger partial charge in [0.15, 0.2) is 5.82 Å². The van der Waals surface area contributed by atoms with Crippen molar-refractivity contribution in [2.45, 2.75) is 0 Å². The molecular weight excluding hydrogens is 609 g/mol. The Hall–Kier alpha value is -6.78. The van der Waals surface area contributed by atoms with Gasteiger partial charge in [-0.3, -0.25) is 4.57 Å². The van der Waals surface area contributed by atoms with E-state index in [0.717, 1.165) is 39.1 Å². The summed E-state index contributed by atoms with van der Waals surface area (Å²) in [6, 6.07) is 56.8. The largest absolute Gasteiger partial charge is 0.307 e. The van der Waals surface area contributed by atoms with Crippen molar-refractivity contribution in [1.29, 1.82) is 0 Å². The number of para-hydroxylation sites is 5. The molecule has 50 heavy (non-hydrogen) atoms. The number of hydrogen-bond acceptors (Lipinski definition) is 2. The van der Waals surface area contributed by atoms with Crippen LogP contribution < -0.4 is 0 Å². The van der Waals surface area contributed by atoms with Crippen LogP contribution in [0, 0.1) is 0 Å². The summed E-state index contributed by atoms with van der Waals surface area (Å²) in [6.45, 7) is 0. The van der Waals surface area contributed by atoms with Gasteiger partial charge in [-0.1, -0.05) is 127 Å². The van der Waals surface area contributed by atoms with Gasteiger partial charge in [-0.05, 0) is 46.5 Å². The highest BCUT2D eigenvalue weighted by molar-refractivity contribution is 6.32. The fraction of sp³-hybridized carbons (Fsp3) is 0. The Morgan fingerprint density at radius 1 is 0.380 bits per heavy atom. The lowest BCUT2D eigenvalue weighted by molar-refractivity contribution is 1.08. The second-order valence-corrected chi connectivity index (χ2v) is 13.4. The normalized spacial score (nSPS) is 12.4. The molecule has 0 spiro atoms. The lowest BCUT2D eigenvalue weighted by Gasteiger charge is -2.15. The molecule has 0 fully saturated rings. The Kier molecular flexibility index (Phi) is 4.94. The van der Waals surface area contributed by atoms with Crippen molar-refractivity contribution >= 4 is 92.5 Å². The second kappa shape index (κ2) is 9.43. The molecule has 12 aromatic rings. The molecule has 4 heterocycles. The Bertz CT molecular complexity index is 3380. The summed E-state index contributed by atoms with van der Waals surface area (Å²) in [6.07, 6.45) is 0. The third-order valence-electron chi connectivity index (χ3n) is 10.8. The van der Waals surface area contributed by atoms with Gasteiger partial charge < -0.3 is 4.40 Å². The Balaban J connectivity index is 1.33. The average molecular weight is 635 g/mol. The van der Waals surface area contributed by atoms with Gasteiger partial charge in [0.25, 0.3) is 0 Å². The molecule has 8 aromatic carbocycles. The maximum Gasteiger partial charge on any atom is 0.165 e. The second-order valence-electron chi connectivity index (χ2n) is 13.4. The van der Waals surface area contributed by atoms with Gasteiger partial charge in [0.1, 0.15) is 5.69 Å². The molecule has 0 aliphatic heterocycles. The van der Waals surface area contributed by atoms with Crippen LogP contribution in [0.25, 0.3) is 110 Å². The predicted molar refractivity (Wildman–Crippen MR) is 209 cm³/mol. The molecule has 0 atom stereocenters. The molecule has 4 nitrogen and oxygen atoms in total. The molecule has 0 aliphatic carbocycles. The minimum atomic E-state index is 0.827. The van der Waals surface area contributed by atoms with Crippen LogP contribution in [0.3, 0.4) is 0 Å². The van der Waals surface area contributed by atoms with E-state index in [4.69, 9.17) is 9.97 Å². The number of benzene rings is 8. The fourth-order valence-corrected chi connectivity index (χ4v) is 8.66. The molecule has 12 rings (SSSR count). The SMILES string of the molecule is c1ccc2cc(-c3nc4ccccc4nc3-n3c4ccccc4c4ccc5ccc6c7cccc8c9ccccc9n(c87)c6c5c43)ccc2c1. The molecule has 0 aliphatic rings. The van der Waals surface area contributed by atoms with E-state index in [1.165, 1.54) is 70.4 Å². The van der Waals surface area contributed by atoms with Crippen molar-refractivity contribution in [2.75, 3.05) is 0 Å². The first-order valence-electron chi connectivity index (χ1n) is 17.1. The van der Waals surface area contributed by atoms with E-state index in [-0.39, 0.29) is 0 Å². The molecule has 0 saturated heterocycles. The van der Waals surface area contributed by atoms with Crippen molar-refractivity contribution in [3.63, 3.8) is 0 Å². The van der Waals surface area contributed by atoms with Crippen LogP contribution in [0.15, 0.2) is 158 Å². The van der Waals surface area contributed by atoms with E-state index in [1.807, 2.05) is 12.1 Å². The van der Waals surface area contributed by atoms with Crippen LogP contribution in [-0.4, -0.2) is 18.9 Å². The third kappa shape index (κ3) is 3.30. The number of hydrogen-bond donors (Lipinski definition) is 0. The molecule has 0 N–H and O–H groups in total. The van der Waals surface area contributed by atoms with Crippen LogP contribution >= 0.6 is 0 Å². The number of rotatable bonds is 2. The Morgan fingerprint density at radius 2 is 0.960 bits per heavy atom. The molecule has 0 amide bonds. The van der Waals surface area contributed by atoms with Crippen molar-refractivity contribution in [3.05, 3.63) is 158 Å². The van der Waals surface area contributed by atoms with E-state index in [0.29, 0.717) is 0 Å². The van der Waals surface area contributed by atoms with E-state index in [9.17, 15) is 0 Å². The smallest absolute Gasteiger partial charge is 0.165 e. The van der Waals surface area contributed by atoms with E-state index in [2.05, 4.69) is 155 Å². The van der Waals surface area contributed by atoms with Gasteiger partial charge in [0, 0.05) is 43.3 Å². The first-order valence-corrected chi connectivity index (χ1v) is 17.1. The first-order chi connectivity index (χ1) is 24.8. The highest BCUT2D eigenvalue weighted by Gasteiger charge is 2.24. The van der Waals surface area contributed by atoms with Gasteiger partial charge in [-0.25, -0.2) is 9.97 Å². The summed E-state index contributed by atoms with van der Waals surface area (Å²) in [5, 5.41) is 12.3. The highest BCUT2D eigenvalue weighted by Crippen LogP contribution is 2.45.